The number of halogens is 1. The number of carbonyl (C=O) groups excluding carboxylic acids is 2. The number of fused-ring (bicyclic) bond motifs is 1. The topological polar surface area (TPSA) is 70.1 Å². The van der Waals surface area contributed by atoms with Crippen LogP contribution in [-0.2, 0) is 25.3 Å². The van der Waals surface area contributed by atoms with E-state index in [1.54, 1.807) is 17.2 Å². The van der Waals surface area contributed by atoms with Gasteiger partial charge in [-0.05, 0) is 76.1 Å². The number of para-hydroxylation sites is 1. The van der Waals surface area contributed by atoms with E-state index in [4.69, 9.17) is 4.84 Å². The Hall–Kier alpha value is -3.16. The van der Waals surface area contributed by atoms with E-state index >= 15 is 0 Å². The number of benzene rings is 3. The van der Waals surface area contributed by atoms with Gasteiger partial charge >= 0.3 is 0 Å². The van der Waals surface area contributed by atoms with Gasteiger partial charge in [-0.3, -0.25) is 14.4 Å². The Morgan fingerprint density at radius 2 is 1.34 bits per heavy atom. The van der Waals surface area contributed by atoms with E-state index in [9.17, 15) is 14.7 Å². The SMILES string of the molecule is CC(C)(C)c1cc([C@@H]2[C@H]3C(=O)N(c4ccc(Br)cc4)C(=O)[C@H]3ON2c2ccccc2)cc(C(C)(C)C)c1O. The van der Waals surface area contributed by atoms with Crippen LogP contribution < -0.4 is 9.96 Å². The van der Waals surface area contributed by atoms with Gasteiger partial charge in [-0.2, -0.15) is 0 Å². The maximum absolute atomic E-state index is 14.0. The van der Waals surface area contributed by atoms with Crippen LogP contribution in [0.1, 0.15) is 64.3 Å². The predicted molar refractivity (Wildman–Crippen MR) is 152 cm³/mol. The Morgan fingerprint density at radius 3 is 1.87 bits per heavy atom. The van der Waals surface area contributed by atoms with Crippen LogP contribution in [0, 0.1) is 5.92 Å². The van der Waals surface area contributed by atoms with Crippen LogP contribution in [0.15, 0.2) is 71.2 Å². The summed E-state index contributed by atoms with van der Waals surface area (Å²) in [7, 11) is 0. The van der Waals surface area contributed by atoms with E-state index < -0.39 is 18.1 Å². The molecule has 0 radical (unpaired) electrons. The summed E-state index contributed by atoms with van der Waals surface area (Å²) in [5.41, 5.74) is 2.97. The molecule has 198 valence electrons. The monoisotopic (exact) mass is 576 g/mol. The molecule has 2 aliphatic heterocycles. The summed E-state index contributed by atoms with van der Waals surface area (Å²) in [6.07, 6.45) is -0.957. The summed E-state index contributed by atoms with van der Waals surface area (Å²) in [4.78, 5) is 35.2. The largest absolute Gasteiger partial charge is 0.507 e. The Labute approximate surface area is 232 Å². The molecule has 2 heterocycles. The molecule has 0 spiro atoms. The van der Waals surface area contributed by atoms with Gasteiger partial charge in [0.1, 0.15) is 11.7 Å². The molecule has 38 heavy (non-hydrogen) atoms. The zero-order chi connectivity index (χ0) is 27.6. The molecule has 0 unspecified atom stereocenters. The minimum absolute atomic E-state index is 0.265. The second-order valence-corrected chi connectivity index (χ2v) is 13.0. The maximum Gasteiger partial charge on any atom is 0.266 e. The third-order valence-corrected chi connectivity index (χ3v) is 7.83. The average molecular weight is 578 g/mol. The van der Waals surface area contributed by atoms with E-state index in [2.05, 4.69) is 57.5 Å². The maximum atomic E-state index is 14.0. The van der Waals surface area contributed by atoms with E-state index in [0.29, 0.717) is 5.69 Å². The molecular formula is C31H33BrN2O4. The zero-order valence-corrected chi connectivity index (χ0v) is 24.1. The van der Waals surface area contributed by atoms with Gasteiger partial charge < -0.3 is 5.11 Å². The summed E-state index contributed by atoms with van der Waals surface area (Å²) in [5, 5.41) is 13.0. The molecule has 2 amide bonds. The fourth-order valence-electron chi connectivity index (χ4n) is 5.37. The normalized spacial score (nSPS) is 21.8. The fourth-order valence-corrected chi connectivity index (χ4v) is 5.63. The third-order valence-electron chi connectivity index (χ3n) is 7.30. The van der Waals surface area contributed by atoms with Crippen LogP contribution in [0.4, 0.5) is 11.4 Å². The number of phenols is 1. The summed E-state index contributed by atoms with van der Waals surface area (Å²) in [6.45, 7) is 12.3. The number of imide groups is 1. The standard InChI is InChI=1S/C31H33BrN2O4/c1-30(2,3)22-16-18(17-23(26(22)35)31(4,5)6)25-24-27(38-34(25)21-10-8-7-9-11-21)29(37)33(28(24)36)20-14-12-19(32)13-15-20/h7-17,24-25,27,35H,1-6H3/t24-,25-,27+/m1/s1. The molecule has 6 nitrogen and oxygen atoms in total. The molecule has 0 saturated carbocycles. The van der Waals surface area contributed by atoms with E-state index in [1.807, 2.05) is 54.6 Å². The molecule has 0 bridgehead atoms. The van der Waals surface area contributed by atoms with Crippen molar-refractivity contribution in [1.29, 1.82) is 0 Å². The van der Waals surface area contributed by atoms with Gasteiger partial charge in [-0.25, -0.2) is 9.96 Å². The Balaban J connectivity index is 1.70. The van der Waals surface area contributed by atoms with Gasteiger partial charge in [-0.15, -0.1) is 0 Å². The predicted octanol–water partition coefficient (Wildman–Crippen LogP) is 6.80. The van der Waals surface area contributed by atoms with Gasteiger partial charge in [0.25, 0.3) is 5.91 Å². The summed E-state index contributed by atoms with van der Waals surface area (Å²) >= 11 is 3.42. The van der Waals surface area contributed by atoms with Gasteiger partial charge in [0.15, 0.2) is 6.10 Å². The minimum atomic E-state index is -0.957. The van der Waals surface area contributed by atoms with Crippen LogP contribution >= 0.6 is 15.9 Å². The van der Waals surface area contributed by atoms with E-state index in [-0.39, 0.29) is 28.4 Å². The number of rotatable bonds is 3. The van der Waals surface area contributed by atoms with Crippen molar-refractivity contribution in [2.24, 2.45) is 5.92 Å². The van der Waals surface area contributed by atoms with Crippen LogP contribution in [0.2, 0.25) is 0 Å². The Bertz CT molecular complexity index is 1360. The van der Waals surface area contributed by atoms with Gasteiger partial charge in [0.05, 0.1) is 17.4 Å². The third kappa shape index (κ3) is 4.41. The number of anilines is 2. The average Bonchev–Trinajstić information content (AvgIpc) is 3.35. The molecule has 2 saturated heterocycles. The lowest BCUT2D eigenvalue weighted by molar-refractivity contribution is -0.126. The van der Waals surface area contributed by atoms with Gasteiger partial charge in [-0.1, -0.05) is 75.7 Å². The molecule has 1 N–H and O–H groups in total. The highest BCUT2D eigenvalue weighted by Crippen LogP contribution is 2.50. The number of amides is 2. The van der Waals surface area contributed by atoms with E-state index in [0.717, 1.165) is 26.9 Å². The molecule has 0 aromatic heterocycles. The first-order valence-corrected chi connectivity index (χ1v) is 13.6. The molecular weight excluding hydrogens is 544 g/mol. The van der Waals surface area contributed by atoms with Crippen LogP contribution in [-0.4, -0.2) is 23.0 Å². The zero-order valence-electron chi connectivity index (χ0n) is 22.5. The fraction of sp³-hybridized carbons (Fsp3) is 0.355. The number of hydrogen-bond donors (Lipinski definition) is 1. The van der Waals surface area contributed by atoms with Crippen LogP contribution in [0.5, 0.6) is 5.75 Å². The molecule has 0 aliphatic carbocycles. The van der Waals surface area contributed by atoms with E-state index in [1.165, 1.54) is 4.90 Å². The molecule has 3 aromatic rings. The molecule has 2 aliphatic rings. The second kappa shape index (κ2) is 9.24. The van der Waals surface area contributed by atoms with Gasteiger partial charge in [0, 0.05) is 4.47 Å². The first-order valence-electron chi connectivity index (χ1n) is 12.8. The number of phenolic OH excluding ortho intramolecular Hbond substituents is 1. The van der Waals surface area contributed by atoms with Crippen molar-refractivity contribution < 1.29 is 19.5 Å². The number of hydroxylamine groups is 1. The number of hydrogen-bond acceptors (Lipinski definition) is 5. The number of aromatic hydroxyl groups is 1. The summed E-state index contributed by atoms with van der Waals surface area (Å²) in [5.74, 6) is -1.16. The highest BCUT2D eigenvalue weighted by Gasteiger charge is 2.60. The highest BCUT2D eigenvalue weighted by molar-refractivity contribution is 9.10. The van der Waals surface area contributed by atoms with Crippen molar-refractivity contribution in [2.75, 3.05) is 9.96 Å². The van der Waals surface area contributed by atoms with Crippen LogP contribution in [0.25, 0.3) is 0 Å². The van der Waals surface area contributed by atoms with Crippen molar-refractivity contribution in [3.05, 3.63) is 87.9 Å². The smallest absolute Gasteiger partial charge is 0.266 e. The quantitative estimate of drug-likeness (QED) is 0.347. The first-order chi connectivity index (χ1) is 17.8. The van der Waals surface area contributed by atoms with Crippen molar-refractivity contribution in [3.63, 3.8) is 0 Å². The van der Waals surface area contributed by atoms with Crippen molar-refractivity contribution >= 4 is 39.1 Å². The molecule has 7 heteroatoms. The second-order valence-electron chi connectivity index (χ2n) is 12.1. The molecule has 2 fully saturated rings. The summed E-state index contributed by atoms with van der Waals surface area (Å²) in [6, 6.07) is 20.0. The Kier molecular flexibility index (Phi) is 6.43. The Morgan fingerprint density at radius 1 is 0.789 bits per heavy atom. The summed E-state index contributed by atoms with van der Waals surface area (Å²) < 4.78 is 0.860. The molecule has 3 atom stereocenters. The van der Waals surface area contributed by atoms with Crippen molar-refractivity contribution in [1.82, 2.24) is 0 Å². The lowest BCUT2D eigenvalue weighted by Crippen LogP contribution is -2.37. The van der Waals surface area contributed by atoms with Gasteiger partial charge in [0.2, 0.25) is 5.91 Å². The van der Waals surface area contributed by atoms with Crippen molar-refractivity contribution in [3.8, 4) is 5.75 Å². The van der Waals surface area contributed by atoms with Crippen LogP contribution in [0.3, 0.4) is 0 Å². The molecule has 5 rings (SSSR count). The lowest BCUT2D eigenvalue weighted by atomic mass is 9.76. The highest BCUT2D eigenvalue weighted by atomic mass is 79.9. The number of carbonyl (C=O) groups is 2. The number of nitrogens with zero attached hydrogens (tertiary/aromatic N) is 2. The molecule has 3 aromatic carbocycles. The first kappa shape index (κ1) is 26.4. The lowest BCUT2D eigenvalue weighted by Gasteiger charge is -2.33. The van der Waals surface area contributed by atoms with Crippen molar-refractivity contribution in [2.45, 2.75) is 64.5 Å². The minimum Gasteiger partial charge on any atom is -0.507 e.